The van der Waals surface area contributed by atoms with E-state index in [0.717, 1.165) is 6.08 Å². The zero-order chi connectivity index (χ0) is 17.3. The number of rotatable bonds is 2. The van der Waals surface area contributed by atoms with Gasteiger partial charge in [0.25, 0.3) is 0 Å². The number of aromatic nitrogens is 1. The van der Waals surface area contributed by atoms with Gasteiger partial charge >= 0.3 is 6.18 Å². The van der Waals surface area contributed by atoms with E-state index in [9.17, 15) is 13.2 Å². The van der Waals surface area contributed by atoms with Gasteiger partial charge in [0.15, 0.2) is 0 Å². The van der Waals surface area contributed by atoms with Crippen molar-refractivity contribution in [2.45, 2.75) is 19.1 Å². The van der Waals surface area contributed by atoms with E-state index in [0.29, 0.717) is 22.0 Å². The molecule has 1 aliphatic rings. The highest BCUT2D eigenvalue weighted by atomic mass is 35.5. The van der Waals surface area contributed by atoms with Gasteiger partial charge in [-0.15, -0.1) is 0 Å². The summed E-state index contributed by atoms with van der Waals surface area (Å²) in [7, 11) is 0. The van der Waals surface area contributed by atoms with Crippen LogP contribution in [0.4, 0.5) is 18.9 Å². The van der Waals surface area contributed by atoms with Gasteiger partial charge in [-0.1, -0.05) is 29.8 Å². The molecule has 0 spiro atoms. The fraction of sp³-hybridized carbons (Fsp3) is 0.167. The van der Waals surface area contributed by atoms with E-state index in [2.05, 4.69) is 4.98 Å². The Hall–Kier alpha value is -2.27. The first-order valence-electron chi connectivity index (χ1n) is 7.34. The van der Waals surface area contributed by atoms with Crippen LogP contribution in [0.25, 0.3) is 11.3 Å². The van der Waals surface area contributed by atoms with Gasteiger partial charge in [-0.2, -0.15) is 13.2 Å². The van der Waals surface area contributed by atoms with Crippen molar-refractivity contribution in [3.8, 4) is 11.3 Å². The molecule has 24 heavy (non-hydrogen) atoms. The average molecular weight is 351 g/mol. The Morgan fingerprint density at radius 1 is 1.17 bits per heavy atom. The summed E-state index contributed by atoms with van der Waals surface area (Å²) in [5, 5.41) is 0.440. The molecule has 2 nitrogen and oxygen atoms in total. The van der Waals surface area contributed by atoms with Gasteiger partial charge in [0, 0.05) is 23.5 Å². The van der Waals surface area contributed by atoms with Gasteiger partial charge in [-0.25, -0.2) is 0 Å². The van der Waals surface area contributed by atoms with E-state index in [1.807, 2.05) is 0 Å². The van der Waals surface area contributed by atoms with E-state index >= 15 is 0 Å². The van der Waals surface area contributed by atoms with Crippen molar-refractivity contribution in [3.63, 3.8) is 0 Å². The predicted molar refractivity (Wildman–Crippen MR) is 89.9 cm³/mol. The third kappa shape index (κ3) is 3.17. The van der Waals surface area contributed by atoms with Crippen molar-refractivity contribution >= 4 is 17.3 Å². The molecule has 2 heterocycles. The lowest BCUT2D eigenvalue weighted by Gasteiger charge is -2.35. The number of pyridine rings is 1. The first-order valence-corrected chi connectivity index (χ1v) is 7.71. The molecule has 1 aliphatic heterocycles. The molecule has 0 saturated heterocycles. The number of hydrogen-bond donors (Lipinski definition) is 0. The number of benzene rings is 1. The molecule has 3 rings (SSSR count). The fourth-order valence-electron chi connectivity index (χ4n) is 2.68. The second-order valence-corrected chi connectivity index (χ2v) is 5.83. The minimum absolute atomic E-state index is 0.417. The normalized spacial score (nSPS) is 17.8. The lowest BCUT2D eigenvalue weighted by molar-refractivity contribution is -0.0939. The summed E-state index contributed by atoms with van der Waals surface area (Å²) in [5.74, 6) is 0. The van der Waals surface area contributed by atoms with Crippen LogP contribution in [0.2, 0.25) is 5.02 Å². The van der Waals surface area contributed by atoms with Crippen LogP contribution in [-0.2, 0) is 0 Å². The zero-order valence-corrected chi connectivity index (χ0v) is 13.5. The highest BCUT2D eigenvalue weighted by molar-refractivity contribution is 6.33. The van der Waals surface area contributed by atoms with Crippen molar-refractivity contribution in [3.05, 3.63) is 71.5 Å². The molecule has 1 atom stereocenters. The molecule has 0 radical (unpaired) electrons. The summed E-state index contributed by atoms with van der Waals surface area (Å²) >= 11 is 6.22. The van der Waals surface area contributed by atoms with E-state index in [-0.39, 0.29) is 0 Å². The van der Waals surface area contributed by atoms with Crippen LogP contribution in [0.5, 0.6) is 0 Å². The molecule has 0 N–H and O–H groups in total. The Labute approximate surface area is 142 Å². The Bertz CT molecular complexity index is 798. The summed E-state index contributed by atoms with van der Waals surface area (Å²) in [6.45, 7) is 1.71. The van der Waals surface area contributed by atoms with E-state index in [4.69, 9.17) is 11.6 Å². The lowest BCUT2D eigenvalue weighted by Crippen LogP contribution is -2.39. The molecule has 0 aliphatic carbocycles. The largest absolute Gasteiger partial charge is 0.431 e. The molecular formula is C18H14ClF3N2. The smallest absolute Gasteiger partial charge is 0.331 e. The minimum atomic E-state index is -4.44. The summed E-state index contributed by atoms with van der Waals surface area (Å²) in [4.78, 5) is 5.48. The SMILES string of the molecule is CC1C=CC=C(C(F)(F)F)N1c1ccc(Cl)c(-c2ccccn2)c1. The standard InChI is InChI=1S/C18H14ClF3N2/c1-12-5-4-7-17(18(20,21)22)24(12)13-8-9-15(19)14(11-13)16-6-2-3-10-23-16/h2-12H,1H3. The number of alkyl halides is 3. The summed E-state index contributed by atoms with van der Waals surface area (Å²) in [6.07, 6.45) is 1.40. The van der Waals surface area contributed by atoms with E-state index in [1.54, 1.807) is 55.6 Å². The first kappa shape index (κ1) is 16.6. The van der Waals surface area contributed by atoms with Gasteiger partial charge in [0.1, 0.15) is 5.70 Å². The summed E-state index contributed by atoms with van der Waals surface area (Å²) in [6, 6.07) is 9.74. The van der Waals surface area contributed by atoms with Crippen LogP contribution in [-0.4, -0.2) is 17.2 Å². The van der Waals surface area contributed by atoms with Gasteiger partial charge in [-0.05, 0) is 43.3 Å². The third-order valence-corrected chi connectivity index (χ3v) is 4.10. The maximum absolute atomic E-state index is 13.4. The Morgan fingerprint density at radius 2 is 1.96 bits per heavy atom. The van der Waals surface area contributed by atoms with Crippen LogP contribution < -0.4 is 4.90 Å². The lowest BCUT2D eigenvalue weighted by atomic mass is 10.1. The van der Waals surface area contributed by atoms with Crippen LogP contribution in [0.15, 0.2) is 66.5 Å². The minimum Gasteiger partial charge on any atom is -0.331 e. The second kappa shape index (κ2) is 6.32. The van der Waals surface area contributed by atoms with Crippen molar-refractivity contribution in [1.29, 1.82) is 0 Å². The quantitative estimate of drug-likeness (QED) is 0.699. The van der Waals surface area contributed by atoms with Crippen molar-refractivity contribution in [1.82, 2.24) is 4.98 Å². The second-order valence-electron chi connectivity index (χ2n) is 5.42. The van der Waals surface area contributed by atoms with Crippen LogP contribution in [0, 0.1) is 0 Å². The number of hydrogen-bond acceptors (Lipinski definition) is 2. The van der Waals surface area contributed by atoms with E-state index < -0.39 is 17.9 Å². The number of allylic oxidation sites excluding steroid dienone is 3. The van der Waals surface area contributed by atoms with Gasteiger partial charge in [0.05, 0.1) is 10.7 Å². The monoisotopic (exact) mass is 350 g/mol. The molecule has 1 unspecified atom stereocenters. The Balaban J connectivity index is 2.09. The van der Waals surface area contributed by atoms with Gasteiger partial charge in [0.2, 0.25) is 0 Å². The van der Waals surface area contributed by atoms with Crippen molar-refractivity contribution in [2.75, 3.05) is 4.90 Å². The highest BCUT2D eigenvalue weighted by Crippen LogP contribution is 2.38. The molecule has 124 valence electrons. The molecule has 1 aromatic carbocycles. The maximum atomic E-state index is 13.4. The number of halogens is 4. The summed E-state index contributed by atoms with van der Waals surface area (Å²) in [5.41, 5.74) is 0.924. The highest BCUT2D eigenvalue weighted by Gasteiger charge is 2.40. The van der Waals surface area contributed by atoms with E-state index in [1.165, 1.54) is 11.0 Å². The average Bonchev–Trinajstić information content (AvgIpc) is 2.55. The van der Waals surface area contributed by atoms with Crippen LogP contribution in [0.3, 0.4) is 0 Å². The van der Waals surface area contributed by atoms with Crippen LogP contribution in [0.1, 0.15) is 6.92 Å². The zero-order valence-electron chi connectivity index (χ0n) is 12.8. The van der Waals surface area contributed by atoms with Crippen molar-refractivity contribution in [2.24, 2.45) is 0 Å². The fourth-order valence-corrected chi connectivity index (χ4v) is 2.89. The Kier molecular flexibility index (Phi) is 4.37. The molecule has 2 aromatic rings. The van der Waals surface area contributed by atoms with Crippen LogP contribution >= 0.6 is 11.6 Å². The molecular weight excluding hydrogens is 337 g/mol. The molecule has 1 aromatic heterocycles. The Morgan fingerprint density at radius 3 is 2.62 bits per heavy atom. The molecule has 6 heteroatoms. The topological polar surface area (TPSA) is 16.1 Å². The molecule has 0 saturated carbocycles. The summed E-state index contributed by atoms with van der Waals surface area (Å²) < 4.78 is 40.1. The maximum Gasteiger partial charge on any atom is 0.431 e. The number of anilines is 1. The van der Waals surface area contributed by atoms with Gasteiger partial charge in [-0.3, -0.25) is 4.98 Å². The number of nitrogens with zero attached hydrogens (tertiary/aromatic N) is 2. The molecule has 0 bridgehead atoms. The van der Waals surface area contributed by atoms with Gasteiger partial charge < -0.3 is 4.90 Å². The first-order chi connectivity index (χ1) is 11.4. The molecule has 0 amide bonds. The predicted octanol–water partition coefficient (Wildman–Crippen LogP) is 5.61. The third-order valence-electron chi connectivity index (χ3n) is 3.77. The molecule has 0 fully saturated rings. The van der Waals surface area contributed by atoms with Crippen molar-refractivity contribution < 1.29 is 13.2 Å².